The van der Waals surface area contributed by atoms with Crippen molar-refractivity contribution in [3.63, 3.8) is 0 Å². The second-order valence-electron chi connectivity index (χ2n) is 18.1. The van der Waals surface area contributed by atoms with Crippen molar-refractivity contribution in [1.29, 1.82) is 0 Å². The van der Waals surface area contributed by atoms with Crippen molar-refractivity contribution < 1.29 is 31.8 Å². The molecule has 4 aromatic rings. The minimum Gasteiger partial charge on any atom is -0.461 e. The fourth-order valence-corrected chi connectivity index (χ4v) is 11.1. The summed E-state index contributed by atoms with van der Waals surface area (Å²) in [5.41, 5.74) is -1.39. The lowest BCUT2D eigenvalue weighted by Crippen LogP contribution is -2.63. The number of ether oxygens (including phenoxy) is 2. The van der Waals surface area contributed by atoms with Crippen LogP contribution in [0.4, 0.5) is 28.2 Å². The maximum absolute atomic E-state index is 17.5. The summed E-state index contributed by atoms with van der Waals surface area (Å²) in [6, 6.07) is 7.51. The third-order valence-corrected chi connectivity index (χ3v) is 13.5. The van der Waals surface area contributed by atoms with Crippen molar-refractivity contribution >= 4 is 33.6 Å². The zero-order valence-corrected chi connectivity index (χ0v) is 32.0. The molecular formula is C43H44F4N6O3. The molecule has 2 bridgehead atoms. The number of terminal acetylenes is 1. The normalized spacial score (nSPS) is 30.1. The van der Waals surface area contributed by atoms with Gasteiger partial charge < -0.3 is 14.4 Å². The van der Waals surface area contributed by atoms with Gasteiger partial charge in [0.2, 0.25) is 0 Å². The minimum absolute atomic E-state index is 0.00725. The van der Waals surface area contributed by atoms with E-state index < -0.39 is 34.1 Å². The van der Waals surface area contributed by atoms with Crippen LogP contribution in [0.15, 0.2) is 30.3 Å². The van der Waals surface area contributed by atoms with Gasteiger partial charge in [-0.1, -0.05) is 37.1 Å². The van der Waals surface area contributed by atoms with Gasteiger partial charge in [0, 0.05) is 30.5 Å². The van der Waals surface area contributed by atoms with E-state index in [-0.39, 0.29) is 65.9 Å². The number of rotatable bonds is 4. The van der Waals surface area contributed by atoms with Gasteiger partial charge in [-0.25, -0.2) is 27.3 Å². The first-order valence-electron chi connectivity index (χ1n) is 19.7. The lowest BCUT2D eigenvalue weighted by molar-refractivity contribution is 0.00488. The number of carbonyl (C=O) groups is 1. The molecule has 9 nitrogen and oxygen atoms in total. The highest BCUT2D eigenvalue weighted by Crippen LogP contribution is 2.69. The molecule has 4 saturated heterocycles. The largest absolute Gasteiger partial charge is 0.461 e. The minimum atomic E-state index is -2.69. The zero-order valence-electron chi connectivity index (χ0n) is 32.0. The van der Waals surface area contributed by atoms with E-state index in [1.54, 1.807) is 24.3 Å². The van der Waals surface area contributed by atoms with E-state index >= 15 is 8.78 Å². The van der Waals surface area contributed by atoms with Crippen LogP contribution in [-0.4, -0.2) is 92.3 Å². The molecule has 1 amide bonds. The van der Waals surface area contributed by atoms with E-state index in [1.165, 1.54) is 6.07 Å². The van der Waals surface area contributed by atoms with Crippen LogP contribution < -0.4 is 9.64 Å². The van der Waals surface area contributed by atoms with E-state index in [0.29, 0.717) is 72.1 Å². The second-order valence-corrected chi connectivity index (χ2v) is 18.1. The van der Waals surface area contributed by atoms with Gasteiger partial charge >= 0.3 is 12.1 Å². The average Bonchev–Trinajstić information content (AvgIpc) is 3.40. The molecule has 2 aromatic carbocycles. The monoisotopic (exact) mass is 768 g/mol. The van der Waals surface area contributed by atoms with Crippen LogP contribution in [0.2, 0.25) is 0 Å². The van der Waals surface area contributed by atoms with Crippen LogP contribution in [0.5, 0.6) is 6.01 Å². The second kappa shape index (κ2) is 11.9. The van der Waals surface area contributed by atoms with Crippen LogP contribution in [0.1, 0.15) is 77.5 Å². The number of anilines is 1. The van der Waals surface area contributed by atoms with E-state index in [4.69, 9.17) is 30.8 Å². The Bertz CT molecular complexity index is 2400. The molecule has 13 heteroatoms. The van der Waals surface area contributed by atoms with Crippen LogP contribution >= 0.6 is 0 Å². The highest BCUT2D eigenvalue weighted by atomic mass is 19.3. The smallest absolute Gasteiger partial charge is 0.410 e. The predicted octanol–water partition coefficient (Wildman–Crippen LogP) is 7.90. The molecule has 0 N–H and O–H groups in total. The van der Waals surface area contributed by atoms with Gasteiger partial charge in [-0.05, 0) is 83.2 Å². The highest BCUT2D eigenvalue weighted by Gasteiger charge is 2.77. The van der Waals surface area contributed by atoms with Crippen molar-refractivity contribution in [2.75, 3.05) is 31.1 Å². The summed E-state index contributed by atoms with van der Waals surface area (Å²) >= 11 is 0. The lowest BCUT2D eigenvalue weighted by Gasteiger charge is -2.49. The van der Waals surface area contributed by atoms with Gasteiger partial charge in [0.1, 0.15) is 35.1 Å². The van der Waals surface area contributed by atoms with Crippen molar-refractivity contribution in [3.05, 3.63) is 53.2 Å². The number of piperazine rings is 1. The van der Waals surface area contributed by atoms with E-state index in [1.807, 2.05) is 25.7 Å². The topological polar surface area (TPSA) is 83.9 Å². The van der Waals surface area contributed by atoms with Gasteiger partial charge in [-0.2, -0.15) is 9.97 Å². The summed E-state index contributed by atoms with van der Waals surface area (Å²) in [5, 5.41) is 1.46. The maximum Gasteiger partial charge on any atom is 0.410 e. The molecule has 5 fully saturated rings. The Morgan fingerprint density at radius 2 is 1.88 bits per heavy atom. The van der Waals surface area contributed by atoms with Gasteiger partial charge in [-0.3, -0.25) is 9.80 Å². The molecule has 1 saturated carbocycles. The summed E-state index contributed by atoms with van der Waals surface area (Å²) in [4.78, 5) is 34.7. The van der Waals surface area contributed by atoms with Crippen molar-refractivity contribution in [1.82, 2.24) is 24.8 Å². The first-order valence-corrected chi connectivity index (χ1v) is 19.7. The van der Waals surface area contributed by atoms with Crippen molar-refractivity contribution in [3.8, 4) is 29.6 Å². The predicted molar refractivity (Wildman–Crippen MR) is 203 cm³/mol. The molecule has 1 spiro atoms. The Hall–Kier alpha value is -4.70. The number of nitrogens with zero attached hydrogens (tertiary/aromatic N) is 6. The van der Waals surface area contributed by atoms with Gasteiger partial charge in [0.25, 0.3) is 5.92 Å². The number of fused-ring (bicyclic) bond motifs is 7. The summed E-state index contributed by atoms with van der Waals surface area (Å²) in [7, 11) is 0. The Morgan fingerprint density at radius 1 is 1.07 bits per heavy atom. The lowest BCUT2D eigenvalue weighted by atomic mass is 9.88. The Balaban J connectivity index is 1.12. The number of carbonyl (C=O) groups excluding carboxylic acids is 1. The molecule has 2 aromatic heterocycles. The molecule has 6 atom stereocenters. The Morgan fingerprint density at radius 3 is 2.62 bits per heavy atom. The molecule has 7 heterocycles. The third-order valence-electron chi connectivity index (χ3n) is 13.5. The number of halogens is 4. The first kappa shape index (κ1) is 35.7. The van der Waals surface area contributed by atoms with Crippen LogP contribution in [0, 0.1) is 35.3 Å². The molecule has 292 valence electrons. The summed E-state index contributed by atoms with van der Waals surface area (Å²) in [6.45, 7) is 9.24. The molecule has 0 unspecified atom stereocenters. The molecule has 56 heavy (non-hydrogen) atoms. The van der Waals surface area contributed by atoms with E-state index in [9.17, 15) is 13.6 Å². The summed E-state index contributed by atoms with van der Waals surface area (Å²) < 4.78 is 74.4. The number of hydrogen-bond donors (Lipinski definition) is 0. The molecule has 0 radical (unpaired) electrons. The maximum atomic E-state index is 17.5. The number of amides is 1. The number of aromatic nitrogens is 3. The summed E-state index contributed by atoms with van der Waals surface area (Å²) in [5.74, 6) is -1.16. The average molecular weight is 769 g/mol. The third kappa shape index (κ3) is 5.16. The summed E-state index contributed by atoms with van der Waals surface area (Å²) in [6.07, 6.45) is 9.22. The fourth-order valence-electron chi connectivity index (χ4n) is 11.1. The molecule has 6 aliphatic rings. The van der Waals surface area contributed by atoms with Gasteiger partial charge in [0.15, 0.2) is 5.82 Å². The number of pyridine rings is 1. The van der Waals surface area contributed by atoms with E-state index in [2.05, 4.69) is 22.6 Å². The van der Waals surface area contributed by atoms with Crippen LogP contribution in [0.3, 0.4) is 0 Å². The Kier molecular flexibility index (Phi) is 7.59. The molecule has 10 rings (SSSR count). The van der Waals surface area contributed by atoms with Crippen molar-refractivity contribution in [2.24, 2.45) is 11.3 Å². The Labute approximate surface area is 322 Å². The highest BCUT2D eigenvalue weighted by molar-refractivity contribution is 6.03. The van der Waals surface area contributed by atoms with Crippen LogP contribution in [-0.2, 0) is 11.2 Å². The van der Waals surface area contributed by atoms with Gasteiger partial charge in [0.05, 0.1) is 45.7 Å². The van der Waals surface area contributed by atoms with E-state index in [0.717, 1.165) is 19.3 Å². The number of benzene rings is 2. The SMILES string of the molecule is C#Cc1c(F)ccc2cccc(-c3nc4c5c(nc(OC[C@@]67CCCN6C[C@@]6(CC6(F)F)C7)nc5c3F)N3C[C@H]5CC[C@@H]([C@@H]3[C@@H](C)C4)N5C(=O)OC(C)(C)C)c12. The van der Waals surface area contributed by atoms with Crippen molar-refractivity contribution in [2.45, 2.75) is 108 Å². The first-order chi connectivity index (χ1) is 26.6. The van der Waals surface area contributed by atoms with Gasteiger partial charge in [-0.15, -0.1) is 6.42 Å². The molecule has 5 aliphatic heterocycles. The zero-order chi connectivity index (χ0) is 39.1. The standard InChI is InChI=1S/C43H44F4N6O3/c1-6-26-28(44)13-11-24-9-7-10-27(31(24)26)34-33(45)35-32-29(48-34)17-23(2)36-30-14-12-25(53(30)39(54)56-40(3,4)5)18-52(36)37(32)50-38(49-35)55-22-42-15-8-16-51(42)21-41(19-42)20-43(41,46)47/h1,7,9-11,13,23,25,30,36H,8,12,14-22H2,2-5H3/t23-,25+,30-,36-,41-,42-/m0/s1. The van der Waals surface area contributed by atoms with Crippen LogP contribution in [0.25, 0.3) is 32.9 Å². The fraction of sp³-hybridized carbons (Fsp3) is 0.535. The molecular weight excluding hydrogens is 725 g/mol. The number of alkyl halides is 2. The molecule has 1 aliphatic carbocycles. The number of hydrogen-bond acceptors (Lipinski definition) is 8. The quantitative estimate of drug-likeness (QED) is 0.153.